The molecule has 0 aromatic heterocycles. The van der Waals surface area contributed by atoms with Crippen LogP contribution in [0.25, 0.3) is 0 Å². The monoisotopic (exact) mass is 347 g/mol. The predicted octanol–water partition coefficient (Wildman–Crippen LogP) is 1.79. The van der Waals surface area contributed by atoms with E-state index in [1.54, 1.807) is 0 Å². The zero-order valence-electron chi connectivity index (χ0n) is 13.5. The van der Waals surface area contributed by atoms with Crippen molar-refractivity contribution in [2.45, 2.75) is 17.9 Å². The molecule has 2 rings (SSSR count). The molecule has 0 heterocycles. The third kappa shape index (κ3) is 5.77. The zero-order chi connectivity index (χ0) is 17.6. The molecule has 2 aromatic carbocycles. The number of amides is 1. The minimum atomic E-state index is -3.72. The number of anilines is 1. The molecule has 0 aliphatic heterocycles. The summed E-state index contributed by atoms with van der Waals surface area (Å²) < 4.78 is 22.4. The van der Waals surface area contributed by atoms with Crippen molar-refractivity contribution in [2.24, 2.45) is 5.14 Å². The number of primary sulfonamides is 1. The Morgan fingerprint density at radius 1 is 1.08 bits per heavy atom. The van der Waals surface area contributed by atoms with Gasteiger partial charge in [0.05, 0.1) is 4.90 Å². The molecule has 3 N–H and O–H groups in total. The van der Waals surface area contributed by atoms with Crippen LogP contribution >= 0.6 is 0 Å². The summed E-state index contributed by atoms with van der Waals surface area (Å²) in [6, 6.07) is 15.8. The second-order valence-electron chi connectivity index (χ2n) is 5.59. The van der Waals surface area contributed by atoms with Gasteiger partial charge in [-0.3, -0.25) is 4.79 Å². The largest absolute Gasteiger partial charge is 0.326 e. The van der Waals surface area contributed by atoms with Gasteiger partial charge in [0.1, 0.15) is 0 Å². The molecule has 0 spiro atoms. The molecule has 0 saturated carbocycles. The Labute approximate surface area is 142 Å². The van der Waals surface area contributed by atoms with Crippen molar-refractivity contribution in [1.82, 2.24) is 4.90 Å². The van der Waals surface area contributed by atoms with E-state index in [-0.39, 0.29) is 10.8 Å². The van der Waals surface area contributed by atoms with E-state index in [1.807, 2.05) is 37.4 Å². The van der Waals surface area contributed by atoms with Gasteiger partial charge in [-0.1, -0.05) is 30.3 Å². The fourth-order valence-electron chi connectivity index (χ4n) is 2.22. The summed E-state index contributed by atoms with van der Waals surface area (Å²) >= 11 is 0. The van der Waals surface area contributed by atoms with E-state index in [0.29, 0.717) is 18.7 Å². The lowest BCUT2D eigenvalue weighted by Crippen LogP contribution is -2.24. The van der Waals surface area contributed by atoms with E-state index in [2.05, 4.69) is 10.2 Å². The second kappa shape index (κ2) is 8.05. The third-order valence-electron chi connectivity index (χ3n) is 3.48. The summed E-state index contributed by atoms with van der Waals surface area (Å²) in [6.07, 6.45) is 0.347. The summed E-state index contributed by atoms with van der Waals surface area (Å²) in [6.45, 7) is 1.40. The van der Waals surface area contributed by atoms with Crippen LogP contribution in [0, 0.1) is 0 Å². The topological polar surface area (TPSA) is 92.5 Å². The number of rotatable bonds is 7. The van der Waals surface area contributed by atoms with E-state index in [0.717, 1.165) is 6.54 Å². The lowest BCUT2D eigenvalue weighted by Gasteiger charge is -2.16. The van der Waals surface area contributed by atoms with Crippen LogP contribution in [-0.2, 0) is 21.4 Å². The number of hydrogen-bond donors (Lipinski definition) is 2. The van der Waals surface area contributed by atoms with E-state index < -0.39 is 10.0 Å². The number of nitrogens with one attached hydrogen (secondary N) is 1. The minimum Gasteiger partial charge on any atom is -0.326 e. The third-order valence-corrected chi connectivity index (χ3v) is 4.41. The van der Waals surface area contributed by atoms with Gasteiger partial charge >= 0.3 is 0 Å². The molecule has 7 heteroatoms. The summed E-state index contributed by atoms with van der Waals surface area (Å²) in [4.78, 5) is 14.1. The van der Waals surface area contributed by atoms with Crippen LogP contribution in [0.15, 0.2) is 59.5 Å². The van der Waals surface area contributed by atoms with Crippen LogP contribution in [0.4, 0.5) is 5.69 Å². The predicted molar refractivity (Wildman–Crippen MR) is 93.8 cm³/mol. The van der Waals surface area contributed by atoms with E-state index in [9.17, 15) is 13.2 Å². The van der Waals surface area contributed by atoms with Crippen molar-refractivity contribution < 1.29 is 13.2 Å². The highest BCUT2D eigenvalue weighted by molar-refractivity contribution is 7.89. The highest BCUT2D eigenvalue weighted by Crippen LogP contribution is 2.13. The van der Waals surface area contributed by atoms with Crippen LogP contribution in [-0.4, -0.2) is 32.8 Å². The second-order valence-corrected chi connectivity index (χ2v) is 7.15. The first-order chi connectivity index (χ1) is 11.3. The number of nitrogens with zero attached hydrogens (tertiary/aromatic N) is 1. The Hall–Kier alpha value is -2.22. The quantitative estimate of drug-likeness (QED) is 0.799. The van der Waals surface area contributed by atoms with Gasteiger partial charge in [-0.2, -0.15) is 0 Å². The fourth-order valence-corrected chi connectivity index (χ4v) is 2.73. The smallest absolute Gasteiger partial charge is 0.238 e. The van der Waals surface area contributed by atoms with Crippen LogP contribution in [0.2, 0.25) is 0 Å². The highest BCUT2D eigenvalue weighted by atomic mass is 32.2. The Morgan fingerprint density at radius 2 is 1.71 bits per heavy atom. The van der Waals surface area contributed by atoms with Gasteiger partial charge in [-0.25, -0.2) is 13.6 Å². The van der Waals surface area contributed by atoms with Crippen molar-refractivity contribution in [3.8, 4) is 0 Å². The van der Waals surface area contributed by atoms with Crippen molar-refractivity contribution in [1.29, 1.82) is 0 Å². The normalized spacial score (nSPS) is 11.5. The van der Waals surface area contributed by atoms with E-state index >= 15 is 0 Å². The van der Waals surface area contributed by atoms with Gasteiger partial charge in [0.25, 0.3) is 0 Å². The average molecular weight is 347 g/mol. The molecule has 0 fully saturated rings. The molecule has 128 valence electrons. The first-order valence-electron chi connectivity index (χ1n) is 7.50. The van der Waals surface area contributed by atoms with Gasteiger partial charge in [-0.15, -0.1) is 0 Å². The molecule has 0 atom stereocenters. The summed E-state index contributed by atoms with van der Waals surface area (Å²) in [7, 11) is -1.76. The van der Waals surface area contributed by atoms with E-state index in [4.69, 9.17) is 5.14 Å². The van der Waals surface area contributed by atoms with Crippen LogP contribution in [0.3, 0.4) is 0 Å². The van der Waals surface area contributed by atoms with Gasteiger partial charge in [0.15, 0.2) is 0 Å². The average Bonchev–Trinajstić information content (AvgIpc) is 2.53. The molecular weight excluding hydrogens is 326 g/mol. The van der Waals surface area contributed by atoms with Crippen molar-refractivity contribution in [3.63, 3.8) is 0 Å². The molecule has 0 saturated heterocycles. The molecule has 2 aromatic rings. The molecule has 1 amide bonds. The minimum absolute atomic E-state index is 0.0168. The number of sulfonamides is 1. The number of carbonyl (C=O) groups excluding carboxylic acids is 1. The molecule has 0 aliphatic carbocycles. The standard InChI is InChI=1S/C17H21N3O3S/c1-20(13-14-5-3-2-4-6-14)12-11-17(21)19-15-7-9-16(10-8-15)24(18,22)23/h2-10H,11-13H2,1H3,(H,19,21)(H2,18,22,23). The van der Waals surface area contributed by atoms with Gasteiger partial charge in [0.2, 0.25) is 15.9 Å². The number of nitrogens with two attached hydrogens (primary N) is 1. The summed E-state index contributed by atoms with van der Waals surface area (Å²) in [5.41, 5.74) is 1.73. The highest BCUT2D eigenvalue weighted by Gasteiger charge is 2.09. The first kappa shape index (κ1) is 18.1. The van der Waals surface area contributed by atoms with Crippen LogP contribution in [0.5, 0.6) is 0 Å². The van der Waals surface area contributed by atoms with Crippen molar-refractivity contribution in [3.05, 3.63) is 60.2 Å². The number of benzene rings is 2. The molecule has 0 radical (unpaired) electrons. The lowest BCUT2D eigenvalue weighted by atomic mass is 10.2. The van der Waals surface area contributed by atoms with Crippen molar-refractivity contribution >= 4 is 21.6 Å². The van der Waals surface area contributed by atoms with Crippen LogP contribution in [0.1, 0.15) is 12.0 Å². The molecular formula is C17H21N3O3S. The first-order valence-corrected chi connectivity index (χ1v) is 9.04. The number of carbonyl (C=O) groups is 1. The Balaban J connectivity index is 1.80. The fraction of sp³-hybridized carbons (Fsp3) is 0.235. The molecule has 0 bridgehead atoms. The maximum Gasteiger partial charge on any atom is 0.238 e. The SMILES string of the molecule is CN(CCC(=O)Nc1ccc(S(N)(=O)=O)cc1)Cc1ccccc1. The molecule has 0 aliphatic rings. The maximum atomic E-state index is 12.0. The Morgan fingerprint density at radius 3 is 2.29 bits per heavy atom. The van der Waals surface area contributed by atoms with Gasteiger partial charge in [0, 0.05) is 25.2 Å². The summed E-state index contributed by atoms with van der Waals surface area (Å²) in [5.74, 6) is -0.127. The van der Waals surface area contributed by atoms with Gasteiger partial charge < -0.3 is 10.2 Å². The molecule has 0 unspecified atom stereocenters. The van der Waals surface area contributed by atoms with Gasteiger partial charge in [-0.05, 0) is 36.9 Å². The maximum absolute atomic E-state index is 12.0. The molecule has 24 heavy (non-hydrogen) atoms. The summed E-state index contributed by atoms with van der Waals surface area (Å²) in [5, 5.41) is 7.77. The lowest BCUT2D eigenvalue weighted by molar-refractivity contribution is -0.116. The van der Waals surface area contributed by atoms with E-state index in [1.165, 1.54) is 29.8 Å². The van der Waals surface area contributed by atoms with Crippen LogP contribution < -0.4 is 10.5 Å². The molecule has 6 nitrogen and oxygen atoms in total. The number of hydrogen-bond acceptors (Lipinski definition) is 4. The Kier molecular flexibility index (Phi) is 6.08. The van der Waals surface area contributed by atoms with Crippen molar-refractivity contribution in [2.75, 3.05) is 18.9 Å². The Bertz CT molecular complexity index is 774. The zero-order valence-corrected chi connectivity index (χ0v) is 14.3.